The van der Waals surface area contributed by atoms with Crippen LogP contribution in [-0.4, -0.2) is 94.1 Å². The van der Waals surface area contributed by atoms with Gasteiger partial charge >= 0.3 is 19.5 Å². The predicted octanol–water partition coefficient (Wildman–Crippen LogP) is 9.93. The summed E-state index contributed by atoms with van der Waals surface area (Å²) in [6.07, 6.45) is 36.4. The fraction of sp³-hybridized carbons (Fsp3) is 0.905. The van der Waals surface area contributed by atoms with E-state index in [1.165, 1.54) is 148 Å². The number of rotatable bonds is 7. The largest absolute Gasteiger partial charge is 8.00 e. The van der Waals surface area contributed by atoms with E-state index in [4.69, 9.17) is 10.6 Å². The van der Waals surface area contributed by atoms with Crippen molar-refractivity contribution >= 4 is 0 Å². The molecule has 51 heavy (non-hydrogen) atoms. The molecule has 0 aromatic rings. The van der Waals surface area contributed by atoms with E-state index in [-0.39, 0.29) is 19.5 Å². The van der Waals surface area contributed by atoms with E-state index in [9.17, 15) is 0 Å². The van der Waals surface area contributed by atoms with Crippen molar-refractivity contribution in [3.8, 4) is 0 Å². The van der Waals surface area contributed by atoms with Gasteiger partial charge in [0.25, 0.3) is 0 Å². The van der Waals surface area contributed by atoms with Gasteiger partial charge in [-0.1, -0.05) is 139 Å². The molecule has 0 aromatic heterocycles. The Bertz CT molecular complexity index is 857. The van der Waals surface area contributed by atoms with Crippen molar-refractivity contribution < 1.29 is 19.5 Å². The van der Waals surface area contributed by atoms with Crippen molar-refractivity contribution in [1.82, 2.24) is 10.6 Å². The van der Waals surface area contributed by atoms with Crippen LogP contribution in [0.2, 0.25) is 0 Å². The van der Waals surface area contributed by atoms with Crippen molar-refractivity contribution in [3.63, 3.8) is 0 Å². The zero-order chi connectivity index (χ0) is 34.1. The maximum Gasteiger partial charge on any atom is 8.00 e. The van der Waals surface area contributed by atoms with Crippen LogP contribution in [0.15, 0.2) is 24.4 Å². The fourth-order valence-electron chi connectivity index (χ4n) is 10.2. The summed E-state index contributed by atoms with van der Waals surface area (Å²) in [5, 5.41) is 36.5. The van der Waals surface area contributed by atoms with E-state index in [2.05, 4.69) is 50.1 Å². The van der Waals surface area contributed by atoms with Gasteiger partial charge in [0, 0.05) is 12.1 Å². The predicted molar refractivity (Wildman–Crippen MR) is 213 cm³/mol. The second kappa shape index (κ2) is 24.2. The molecule has 0 bridgehead atoms. The third kappa shape index (κ3) is 13.4. The Labute approximate surface area is 326 Å². The van der Waals surface area contributed by atoms with Crippen LogP contribution in [0.25, 0.3) is 31.9 Å². The van der Waals surface area contributed by atoms with Crippen molar-refractivity contribution in [1.29, 1.82) is 0 Å². The van der Waals surface area contributed by atoms with Crippen LogP contribution in [0.3, 0.4) is 0 Å². The monoisotopic (exact) mass is 790 g/mol. The summed E-state index contributed by atoms with van der Waals surface area (Å²) in [5.74, 6) is 1.16. The first-order chi connectivity index (χ1) is 24.9. The fourth-order valence-corrected chi connectivity index (χ4v) is 10.2. The minimum atomic E-state index is 0. The topological polar surface area (TPSA) is 109 Å². The summed E-state index contributed by atoms with van der Waals surface area (Å²) in [7, 11) is 0. The molecule has 0 amide bonds. The second-order valence-electron chi connectivity index (χ2n) is 16.5. The summed E-state index contributed by atoms with van der Waals surface area (Å²) in [5.41, 5.74) is 0. The Kier molecular flexibility index (Phi) is 19.8. The van der Waals surface area contributed by atoms with Gasteiger partial charge in [-0.15, -0.1) is 38.8 Å². The number of allylic oxidation sites excluding steroid dienone is 2. The molecular formula is C42H72N8Ru+2. The number of nitrogens with zero attached hydrogens (tertiary/aromatic N) is 6. The Hall–Kier alpha value is -0.377. The van der Waals surface area contributed by atoms with Crippen LogP contribution in [0.5, 0.6) is 0 Å². The van der Waals surface area contributed by atoms with E-state index in [1.807, 2.05) is 6.20 Å². The molecule has 9 heteroatoms. The van der Waals surface area contributed by atoms with Crippen molar-refractivity contribution in [2.24, 2.45) is 11.8 Å². The van der Waals surface area contributed by atoms with Crippen LogP contribution < -0.4 is 10.6 Å². The molecule has 0 spiro atoms. The van der Waals surface area contributed by atoms with E-state index < -0.39 is 0 Å². The van der Waals surface area contributed by atoms with Crippen LogP contribution in [0, 0.1) is 11.8 Å². The van der Waals surface area contributed by atoms with Crippen LogP contribution in [-0.2, 0) is 19.5 Å². The van der Waals surface area contributed by atoms with Crippen LogP contribution >= 0.6 is 0 Å². The summed E-state index contributed by atoms with van der Waals surface area (Å²) in [6.45, 7) is 7.79. The molecule has 0 aliphatic carbocycles. The molecule has 8 heterocycles. The van der Waals surface area contributed by atoms with Crippen LogP contribution in [0.4, 0.5) is 0 Å². The Morgan fingerprint density at radius 3 is 1.20 bits per heavy atom. The molecule has 8 rings (SSSR count). The molecule has 2 N–H and O–H groups in total. The summed E-state index contributed by atoms with van der Waals surface area (Å²) >= 11 is 0. The molecular weight excluding hydrogens is 718 g/mol. The van der Waals surface area contributed by atoms with Crippen LogP contribution in [0.1, 0.15) is 135 Å². The first-order valence-electron chi connectivity index (χ1n) is 21.7. The smallest absolute Gasteiger partial charge is 0.685 e. The molecule has 8 aliphatic rings. The Balaban J connectivity index is 0.000000167. The number of nitrogens with one attached hydrogen (secondary N) is 2. The second-order valence-corrected chi connectivity index (χ2v) is 16.5. The van der Waals surface area contributed by atoms with E-state index in [0.29, 0.717) is 60.2 Å². The third-order valence-corrected chi connectivity index (χ3v) is 12.9. The van der Waals surface area contributed by atoms with Crippen molar-refractivity contribution in [2.45, 2.75) is 183 Å². The quantitative estimate of drug-likeness (QED) is 0.251. The van der Waals surface area contributed by atoms with Gasteiger partial charge in [0.05, 0.1) is 0 Å². The van der Waals surface area contributed by atoms with Gasteiger partial charge in [0.1, 0.15) is 0 Å². The third-order valence-electron chi connectivity index (χ3n) is 12.9. The molecule has 0 aromatic carbocycles. The Morgan fingerprint density at radius 2 is 0.863 bits per heavy atom. The van der Waals surface area contributed by atoms with E-state index in [0.717, 1.165) is 32.7 Å². The molecule has 7 saturated heterocycles. The number of piperidine rings is 7. The molecule has 9 unspecified atom stereocenters. The van der Waals surface area contributed by atoms with Gasteiger partial charge in [-0.25, -0.2) is 0 Å². The minimum absolute atomic E-state index is 0. The van der Waals surface area contributed by atoms with Crippen molar-refractivity contribution in [2.75, 3.05) is 45.8 Å². The van der Waals surface area contributed by atoms with Gasteiger partial charge in [-0.3, -0.25) is 0 Å². The standard InChI is InChI=1S/C22H36N4.2C10H18N2.Ru/c1-5-13-23-17(9-1)21(18-10-2-6-14-24-18)22(19-11-3-7-15-25-19)20-12-4-8-16-26-20;2*1-3-7-11-9(5-1)10-6-2-4-8-12-10;/h1,5,9,13,17-22,25-26H,2-4,6-8,10-12,14-16H2;2*9-10H,1-8H2;/q3*-2;+8. The number of hydrogen-bond donors (Lipinski definition) is 2. The SMILES string of the molecule is C1=C[N-]C(C(C2CCCC[N-]2)C(C2CCCCN2)C2CCCCN2)C=C1.C1CCC(C2CCCC[N-]2)[N-]C1.C1CCC(C2CCCC[N-]2)[N-]C1.[Ru+8]. The molecule has 0 saturated carbocycles. The van der Waals surface area contributed by atoms with Gasteiger partial charge in [-0.05, 0) is 44.7 Å². The van der Waals surface area contributed by atoms with E-state index in [1.54, 1.807) is 0 Å². The average molecular weight is 790 g/mol. The first kappa shape index (κ1) is 41.8. The zero-order valence-corrected chi connectivity index (χ0v) is 33.7. The van der Waals surface area contributed by atoms with Gasteiger partial charge in [0.2, 0.25) is 0 Å². The van der Waals surface area contributed by atoms with Gasteiger partial charge in [0.15, 0.2) is 0 Å². The average Bonchev–Trinajstić information content (AvgIpc) is 3.23. The molecule has 286 valence electrons. The Morgan fingerprint density at radius 1 is 0.431 bits per heavy atom. The molecule has 7 fully saturated rings. The summed E-state index contributed by atoms with van der Waals surface area (Å²) in [6, 6.07) is 4.40. The summed E-state index contributed by atoms with van der Waals surface area (Å²) < 4.78 is 0. The molecule has 9 atom stereocenters. The van der Waals surface area contributed by atoms with Gasteiger partial charge in [-0.2, -0.15) is 30.4 Å². The maximum absolute atomic E-state index is 5.14. The van der Waals surface area contributed by atoms with Crippen molar-refractivity contribution in [3.05, 3.63) is 56.3 Å². The zero-order valence-electron chi connectivity index (χ0n) is 31.9. The molecule has 8 aliphatic heterocycles. The van der Waals surface area contributed by atoms with Gasteiger partial charge < -0.3 is 42.5 Å². The maximum atomic E-state index is 5.14. The first-order valence-corrected chi connectivity index (χ1v) is 21.7. The minimum Gasteiger partial charge on any atom is -0.685 e. The summed E-state index contributed by atoms with van der Waals surface area (Å²) in [4.78, 5) is 0. The number of hydrogen-bond acceptors (Lipinski definition) is 2. The van der Waals surface area contributed by atoms with E-state index >= 15 is 0 Å². The normalized spacial score (nSPS) is 37.1. The molecule has 0 radical (unpaired) electrons. The molecule has 8 nitrogen and oxygen atoms in total.